The number of morpholine rings is 1. The average Bonchev–Trinajstić information content (AvgIpc) is 2.86. The van der Waals surface area contributed by atoms with Gasteiger partial charge in [0, 0.05) is 29.4 Å². The molecule has 2 N–H and O–H groups in total. The molecule has 1 aliphatic heterocycles. The van der Waals surface area contributed by atoms with Crippen LogP contribution < -0.4 is 10.0 Å². The first-order chi connectivity index (χ1) is 17.5. The predicted molar refractivity (Wildman–Crippen MR) is 142 cm³/mol. The summed E-state index contributed by atoms with van der Waals surface area (Å²) < 4.78 is 60.4. The van der Waals surface area contributed by atoms with Gasteiger partial charge in [-0.1, -0.05) is 29.3 Å². The number of amides is 1. The van der Waals surface area contributed by atoms with E-state index in [4.69, 9.17) is 27.9 Å². The second kappa shape index (κ2) is 11.0. The molecule has 0 aliphatic carbocycles. The first-order valence-electron chi connectivity index (χ1n) is 11.1. The zero-order valence-corrected chi connectivity index (χ0v) is 22.7. The third-order valence-corrected chi connectivity index (χ3v) is 9.48. The summed E-state index contributed by atoms with van der Waals surface area (Å²) in [5, 5.41) is 3.20. The quantitative estimate of drug-likeness (QED) is 0.425. The van der Waals surface area contributed by atoms with Crippen LogP contribution in [0.25, 0.3) is 0 Å². The highest BCUT2D eigenvalue weighted by Crippen LogP contribution is 2.28. The van der Waals surface area contributed by atoms with Crippen molar-refractivity contribution in [3.63, 3.8) is 0 Å². The molecule has 0 unspecified atom stereocenters. The van der Waals surface area contributed by atoms with E-state index in [0.29, 0.717) is 29.5 Å². The minimum Gasteiger partial charge on any atom is -0.379 e. The third kappa shape index (κ3) is 6.25. The molecule has 1 aliphatic rings. The summed E-state index contributed by atoms with van der Waals surface area (Å²) in [4.78, 5) is 12.9. The molecule has 1 amide bonds. The Morgan fingerprint density at radius 3 is 2.19 bits per heavy atom. The number of hydrogen-bond donors (Lipinski definition) is 2. The maximum atomic E-state index is 13.0. The summed E-state index contributed by atoms with van der Waals surface area (Å²) in [6, 6.07) is 14.3. The van der Waals surface area contributed by atoms with Gasteiger partial charge in [-0.05, 0) is 67.1 Å². The van der Waals surface area contributed by atoms with Gasteiger partial charge in [-0.2, -0.15) is 4.31 Å². The van der Waals surface area contributed by atoms with E-state index in [9.17, 15) is 21.6 Å². The lowest BCUT2D eigenvalue weighted by Gasteiger charge is -2.26. The average molecular weight is 585 g/mol. The number of aryl methyl sites for hydroxylation is 1. The number of carbonyl (C=O) groups is 1. The highest BCUT2D eigenvalue weighted by molar-refractivity contribution is 7.92. The van der Waals surface area contributed by atoms with Gasteiger partial charge < -0.3 is 10.1 Å². The van der Waals surface area contributed by atoms with Crippen LogP contribution >= 0.6 is 23.2 Å². The van der Waals surface area contributed by atoms with Crippen LogP contribution in [0.15, 0.2) is 70.5 Å². The van der Waals surface area contributed by atoms with Crippen LogP contribution in [0.4, 0.5) is 11.4 Å². The van der Waals surface area contributed by atoms with Crippen molar-refractivity contribution in [2.75, 3.05) is 36.3 Å². The van der Waals surface area contributed by atoms with E-state index in [1.54, 1.807) is 13.0 Å². The number of benzene rings is 3. The molecule has 9 nitrogen and oxygen atoms in total. The van der Waals surface area contributed by atoms with Gasteiger partial charge >= 0.3 is 0 Å². The molecule has 13 heteroatoms. The third-order valence-electron chi connectivity index (χ3n) is 5.66. The van der Waals surface area contributed by atoms with Crippen molar-refractivity contribution in [1.29, 1.82) is 0 Å². The number of sulfonamides is 2. The Bertz CT molecular complexity index is 1540. The van der Waals surface area contributed by atoms with Crippen molar-refractivity contribution >= 4 is 60.5 Å². The van der Waals surface area contributed by atoms with Crippen molar-refractivity contribution in [2.45, 2.75) is 16.7 Å². The van der Waals surface area contributed by atoms with E-state index >= 15 is 0 Å². The van der Waals surface area contributed by atoms with Gasteiger partial charge in [0.2, 0.25) is 10.0 Å². The van der Waals surface area contributed by atoms with E-state index in [0.717, 1.165) is 0 Å². The van der Waals surface area contributed by atoms with Crippen LogP contribution in [0.3, 0.4) is 0 Å². The lowest BCUT2D eigenvalue weighted by atomic mass is 10.1. The van der Waals surface area contributed by atoms with Crippen LogP contribution in [0.2, 0.25) is 10.0 Å². The molecule has 0 bridgehead atoms. The summed E-state index contributed by atoms with van der Waals surface area (Å²) in [7, 11) is -7.73. The molecule has 0 aromatic heterocycles. The van der Waals surface area contributed by atoms with Crippen molar-refractivity contribution in [1.82, 2.24) is 4.31 Å². The van der Waals surface area contributed by atoms with Crippen molar-refractivity contribution < 1.29 is 26.4 Å². The molecule has 0 spiro atoms. The Morgan fingerprint density at radius 1 is 0.892 bits per heavy atom. The van der Waals surface area contributed by atoms with Crippen molar-refractivity contribution in [2.24, 2.45) is 0 Å². The fraction of sp³-hybridized carbons (Fsp3) is 0.208. The standard InChI is InChI=1S/C24H23Cl2N3O6S2/c1-16-2-6-20(37(33,34)29-10-12-35-13-11-29)15-21(16)24(30)27-18-4-7-19(8-5-18)36(31,32)28-23-9-3-17(25)14-22(23)26/h2-9,14-15,28H,10-13H2,1H3,(H,27,30). The summed E-state index contributed by atoms with van der Waals surface area (Å²) in [5.74, 6) is -0.529. The zero-order chi connectivity index (χ0) is 26.8. The summed E-state index contributed by atoms with van der Waals surface area (Å²) in [5.41, 5.74) is 1.27. The lowest BCUT2D eigenvalue weighted by molar-refractivity contribution is 0.0730. The molecule has 1 heterocycles. The predicted octanol–water partition coefficient (Wildman–Crippen LogP) is 4.38. The number of nitrogens with one attached hydrogen (secondary N) is 2. The highest BCUT2D eigenvalue weighted by atomic mass is 35.5. The number of hydrogen-bond acceptors (Lipinski definition) is 6. The fourth-order valence-electron chi connectivity index (χ4n) is 3.63. The van der Waals surface area contributed by atoms with Gasteiger partial charge in [-0.3, -0.25) is 9.52 Å². The van der Waals surface area contributed by atoms with E-state index in [-0.39, 0.29) is 39.2 Å². The fourth-order valence-corrected chi connectivity index (χ4v) is 6.66. The molecule has 196 valence electrons. The highest BCUT2D eigenvalue weighted by Gasteiger charge is 2.27. The van der Waals surface area contributed by atoms with E-state index in [2.05, 4.69) is 10.0 Å². The summed E-state index contributed by atoms with van der Waals surface area (Å²) >= 11 is 11.9. The molecule has 4 rings (SSSR count). The van der Waals surface area contributed by atoms with E-state index < -0.39 is 26.0 Å². The molecule has 0 radical (unpaired) electrons. The van der Waals surface area contributed by atoms with Crippen LogP contribution in [0.5, 0.6) is 0 Å². The van der Waals surface area contributed by atoms with Crippen LogP contribution in [-0.2, 0) is 24.8 Å². The molecular formula is C24H23Cl2N3O6S2. The van der Waals surface area contributed by atoms with Gasteiger partial charge in [-0.15, -0.1) is 0 Å². The van der Waals surface area contributed by atoms with Crippen molar-refractivity contribution in [3.05, 3.63) is 81.8 Å². The topological polar surface area (TPSA) is 122 Å². The Labute approximate surface area is 225 Å². The minimum absolute atomic E-state index is 0.0125. The van der Waals surface area contributed by atoms with Gasteiger partial charge in [0.25, 0.3) is 15.9 Å². The first-order valence-corrected chi connectivity index (χ1v) is 14.7. The van der Waals surface area contributed by atoms with Gasteiger partial charge in [0.1, 0.15) is 0 Å². The van der Waals surface area contributed by atoms with Crippen LogP contribution in [0.1, 0.15) is 15.9 Å². The lowest BCUT2D eigenvalue weighted by Crippen LogP contribution is -2.40. The molecule has 3 aromatic carbocycles. The van der Waals surface area contributed by atoms with Crippen LogP contribution in [0, 0.1) is 6.92 Å². The molecule has 0 atom stereocenters. The number of nitrogens with zero attached hydrogens (tertiary/aromatic N) is 1. The maximum absolute atomic E-state index is 13.0. The summed E-state index contributed by atoms with van der Waals surface area (Å²) in [6.45, 7) is 2.81. The molecular weight excluding hydrogens is 561 g/mol. The zero-order valence-electron chi connectivity index (χ0n) is 19.6. The molecule has 1 fully saturated rings. The molecule has 1 saturated heterocycles. The second-order valence-electron chi connectivity index (χ2n) is 8.20. The Hall–Kier alpha value is -2.67. The maximum Gasteiger partial charge on any atom is 0.261 e. The van der Waals surface area contributed by atoms with Gasteiger partial charge in [-0.25, -0.2) is 16.8 Å². The van der Waals surface area contributed by atoms with Gasteiger partial charge in [0.05, 0.1) is 33.7 Å². The number of rotatable bonds is 7. The van der Waals surface area contributed by atoms with E-state index in [1.165, 1.54) is 58.9 Å². The SMILES string of the molecule is Cc1ccc(S(=O)(=O)N2CCOCC2)cc1C(=O)Nc1ccc(S(=O)(=O)Nc2ccc(Cl)cc2Cl)cc1. The smallest absolute Gasteiger partial charge is 0.261 e. The monoisotopic (exact) mass is 583 g/mol. The second-order valence-corrected chi connectivity index (χ2v) is 12.7. The summed E-state index contributed by atoms with van der Waals surface area (Å²) in [6.07, 6.45) is 0. The molecule has 3 aromatic rings. The largest absolute Gasteiger partial charge is 0.379 e. The van der Waals surface area contributed by atoms with Crippen molar-refractivity contribution in [3.8, 4) is 0 Å². The number of halogens is 2. The minimum atomic E-state index is -3.96. The number of carbonyl (C=O) groups excluding carboxylic acids is 1. The number of anilines is 2. The van der Waals surface area contributed by atoms with Gasteiger partial charge in [0.15, 0.2) is 0 Å². The Morgan fingerprint density at radius 2 is 1.54 bits per heavy atom. The van der Waals surface area contributed by atoms with E-state index in [1.807, 2.05) is 0 Å². The molecule has 37 heavy (non-hydrogen) atoms. The normalized spacial score (nSPS) is 14.8. The Kier molecular flexibility index (Phi) is 8.12. The first kappa shape index (κ1) is 27.4. The number of ether oxygens (including phenoxy) is 1. The van der Waals surface area contributed by atoms with Crippen LogP contribution in [-0.4, -0.2) is 53.4 Å². The Balaban J connectivity index is 1.50. The molecule has 0 saturated carbocycles.